The number of rotatable bonds is 9. The Morgan fingerprint density at radius 1 is 1.47 bits per heavy atom. The van der Waals surface area contributed by atoms with Gasteiger partial charge in [0.15, 0.2) is 0 Å². The Balaban J connectivity index is 2.77. The number of ether oxygens (including phenoxy) is 1. The predicted molar refractivity (Wildman–Crippen MR) is 74.3 cm³/mol. The number of aryl methyl sites for hydroxylation is 1. The lowest BCUT2D eigenvalue weighted by Crippen LogP contribution is -2.25. The SMILES string of the molecule is CCCn1cc(S(=O)(=O)NCCCOC)cc1CN. The first-order chi connectivity index (χ1) is 9.05. The fraction of sp³-hybridized carbons (Fsp3) is 0.667. The van der Waals surface area contributed by atoms with Crippen LogP contribution in [0.5, 0.6) is 0 Å². The van der Waals surface area contributed by atoms with Gasteiger partial charge >= 0.3 is 0 Å². The summed E-state index contributed by atoms with van der Waals surface area (Å²) < 4.78 is 33.5. The van der Waals surface area contributed by atoms with Gasteiger partial charge in [-0.05, 0) is 18.9 Å². The molecule has 0 aliphatic rings. The van der Waals surface area contributed by atoms with Crippen molar-refractivity contribution >= 4 is 10.0 Å². The van der Waals surface area contributed by atoms with Crippen LogP contribution in [0.2, 0.25) is 0 Å². The van der Waals surface area contributed by atoms with Crippen molar-refractivity contribution in [1.82, 2.24) is 9.29 Å². The Kier molecular flexibility index (Phi) is 6.50. The van der Waals surface area contributed by atoms with Crippen molar-refractivity contribution < 1.29 is 13.2 Å². The summed E-state index contributed by atoms with van der Waals surface area (Å²) in [5.41, 5.74) is 6.46. The van der Waals surface area contributed by atoms with Crippen LogP contribution in [0.25, 0.3) is 0 Å². The highest BCUT2D eigenvalue weighted by Gasteiger charge is 2.17. The molecule has 6 nitrogen and oxygen atoms in total. The molecule has 1 heterocycles. The van der Waals surface area contributed by atoms with E-state index in [1.54, 1.807) is 19.4 Å². The Bertz CT molecular complexity index is 482. The van der Waals surface area contributed by atoms with E-state index in [9.17, 15) is 8.42 Å². The molecule has 0 fully saturated rings. The summed E-state index contributed by atoms with van der Waals surface area (Å²) in [4.78, 5) is 0.277. The van der Waals surface area contributed by atoms with Gasteiger partial charge in [0.05, 0.1) is 4.90 Å². The first-order valence-electron chi connectivity index (χ1n) is 6.43. The van der Waals surface area contributed by atoms with Gasteiger partial charge in [-0.25, -0.2) is 13.1 Å². The average Bonchev–Trinajstić information content (AvgIpc) is 2.79. The van der Waals surface area contributed by atoms with Crippen molar-refractivity contribution in [3.05, 3.63) is 18.0 Å². The average molecular weight is 289 g/mol. The zero-order valence-corrected chi connectivity index (χ0v) is 12.4. The van der Waals surface area contributed by atoms with Crippen LogP contribution in [0.1, 0.15) is 25.5 Å². The molecule has 110 valence electrons. The minimum atomic E-state index is -3.45. The Hall–Kier alpha value is -0.890. The van der Waals surface area contributed by atoms with E-state index in [1.165, 1.54) is 0 Å². The van der Waals surface area contributed by atoms with Gasteiger partial charge in [0.2, 0.25) is 10.0 Å². The molecule has 0 bridgehead atoms. The van der Waals surface area contributed by atoms with Gasteiger partial charge in [-0.2, -0.15) is 0 Å². The summed E-state index contributed by atoms with van der Waals surface area (Å²) in [5.74, 6) is 0. The lowest BCUT2D eigenvalue weighted by atomic mass is 10.4. The first kappa shape index (κ1) is 16.2. The normalized spacial score (nSPS) is 11.9. The maximum Gasteiger partial charge on any atom is 0.242 e. The third kappa shape index (κ3) is 4.61. The molecule has 0 aliphatic carbocycles. The van der Waals surface area contributed by atoms with Gasteiger partial charge in [0.1, 0.15) is 0 Å². The molecule has 0 aromatic carbocycles. The second kappa shape index (κ2) is 7.64. The van der Waals surface area contributed by atoms with Crippen LogP contribution in [0.3, 0.4) is 0 Å². The molecule has 19 heavy (non-hydrogen) atoms. The van der Waals surface area contributed by atoms with Gasteiger partial charge in [0, 0.05) is 45.2 Å². The molecular weight excluding hydrogens is 266 g/mol. The first-order valence-corrected chi connectivity index (χ1v) is 7.91. The van der Waals surface area contributed by atoms with Crippen LogP contribution in [0, 0.1) is 0 Å². The quantitative estimate of drug-likeness (QED) is 0.654. The maximum atomic E-state index is 12.1. The predicted octanol–water partition coefficient (Wildman–Crippen LogP) is 0.672. The lowest BCUT2D eigenvalue weighted by molar-refractivity contribution is 0.196. The molecular formula is C12H23N3O3S. The molecule has 3 N–H and O–H groups in total. The van der Waals surface area contributed by atoms with Gasteiger partial charge in [-0.3, -0.25) is 0 Å². The van der Waals surface area contributed by atoms with Crippen molar-refractivity contribution in [3.8, 4) is 0 Å². The molecule has 7 heteroatoms. The number of aromatic nitrogens is 1. The van der Waals surface area contributed by atoms with Crippen LogP contribution in [0.4, 0.5) is 0 Å². The molecule has 1 rings (SSSR count). The van der Waals surface area contributed by atoms with Crippen molar-refractivity contribution in [3.63, 3.8) is 0 Å². The third-order valence-electron chi connectivity index (χ3n) is 2.76. The summed E-state index contributed by atoms with van der Waals surface area (Å²) in [6.45, 7) is 4.04. The number of hydrogen-bond donors (Lipinski definition) is 2. The minimum Gasteiger partial charge on any atom is -0.385 e. The molecule has 0 saturated carbocycles. The fourth-order valence-electron chi connectivity index (χ4n) is 1.80. The summed E-state index contributed by atoms with van der Waals surface area (Å²) in [6.07, 6.45) is 3.22. The Morgan fingerprint density at radius 2 is 2.21 bits per heavy atom. The lowest BCUT2D eigenvalue weighted by Gasteiger charge is -2.05. The Labute approximate surface area is 115 Å². The summed E-state index contributed by atoms with van der Waals surface area (Å²) in [5, 5.41) is 0. The topological polar surface area (TPSA) is 86.3 Å². The van der Waals surface area contributed by atoms with Gasteiger partial charge in [-0.1, -0.05) is 6.92 Å². The zero-order chi connectivity index (χ0) is 14.3. The molecule has 1 aromatic heterocycles. The van der Waals surface area contributed by atoms with E-state index in [2.05, 4.69) is 4.72 Å². The molecule has 0 aliphatic heterocycles. The van der Waals surface area contributed by atoms with Crippen LogP contribution >= 0.6 is 0 Å². The van der Waals surface area contributed by atoms with Crippen molar-refractivity contribution in [2.45, 2.75) is 37.8 Å². The van der Waals surface area contributed by atoms with Gasteiger partial charge in [0.25, 0.3) is 0 Å². The number of sulfonamides is 1. The van der Waals surface area contributed by atoms with Crippen molar-refractivity contribution in [1.29, 1.82) is 0 Å². The van der Waals surface area contributed by atoms with Crippen LogP contribution in [-0.2, 0) is 27.8 Å². The van der Waals surface area contributed by atoms with Crippen molar-refractivity contribution in [2.75, 3.05) is 20.3 Å². The van der Waals surface area contributed by atoms with Gasteiger partial charge < -0.3 is 15.0 Å². The molecule has 0 spiro atoms. The van der Waals surface area contributed by atoms with E-state index < -0.39 is 10.0 Å². The zero-order valence-electron chi connectivity index (χ0n) is 11.6. The molecule has 0 saturated heterocycles. The maximum absolute atomic E-state index is 12.1. The molecule has 0 amide bonds. The highest BCUT2D eigenvalue weighted by molar-refractivity contribution is 7.89. The second-order valence-corrected chi connectivity index (χ2v) is 6.08. The van der Waals surface area contributed by atoms with Crippen LogP contribution < -0.4 is 10.5 Å². The summed E-state index contributed by atoms with van der Waals surface area (Å²) in [6, 6.07) is 1.63. The van der Waals surface area contributed by atoms with E-state index >= 15 is 0 Å². The van der Waals surface area contributed by atoms with Gasteiger partial charge in [-0.15, -0.1) is 0 Å². The van der Waals surface area contributed by atoms with Crippen molar-refractivity contribution in [2.24, 2.45) is 5.73 Å². The second-order valence-electron chi connectivity index (χ2n) is 4.31. The number of nitrogens with two attached hydrogens (primary N) is 1. The van der Waals surface area contributed by atoms with E-state index in [0.29, 0.717) is 26.1 Å². The standard InChI is InChI=1S/C12H23N3O3S/c1-3-6-15-10-12(8-11(15)9-13)19(16,17)14-5-4-7-18-2/h8,10,14H,3-7,9,13H2,1-2H3. The molecule has 0 radical (unpaired) electrons. The smallest absolute Gasteiger partial charge is 0.242 e. The van der Waals surface area contributed by atoms with E-state index in [0.717, 1.165) is 18.7 Å². The molecule has 0 unspecified atom stereocenters. The number of hydrogen-bond acceptors (Lipinski definition) is 4. The Morgan fingerprint density at radius 3 is 2.79 bits per heavy atom. The summed E-state index contributed by atoms with van der Waals surface area (Å²) in [7, 11) is -1.86. The van der Waals surface area contributed by atoms with E-state index in [1.807, 2.05) is 11.5 Å². The minimum absolute atomic E-state index is 0.277. The van der Waals surface area contributed by atoms with E-state index in [4.69, 9.17) is 10.5 Å². The number of nitrogens with zero attached hydrogens (tertiary/aromatic N) is 1. The third-order valence-corrected chi connectivity index (χ3v) is 4.19. The summed E-state index contributed by atoms with van der Waals surface area (Å²) >= 11 is 0. The van der Waals surface area contributed by atoms with Crippen LogP contribution in [-0.4, -0.2) is 33.2 Å². The molecule has 1 aromatic rings. The molecule has 0 atom stereocenters. The number of nitrogens with one attached hydrogen (secondary N) is 1. The van der Waals surface area contributed by atoms with E-state index in [-0.39, 0.29) is 4.90 Å². The fourth-order valence-corrected chi connectivity index (χ4v) is 2.94. The highest BCUT2D eigenvalue weighted by atomic mass is 32.2. The number of methoxy groups -OCH3 is 1. The largest absolute Gasteiger partial charge is 0.385 e. The highest BCUT2D eigenvalue weighted by Crippen LogP contribution is 2.14. The van der Waals surface area contributed by atoms with Crippen LogP contribution in [0.15, 0.2) is 17.2 Å². The monoisotopic (exact) mass is 289 g/mol.